The lowest BCUT2D eigenvalue weighted by Gasteiger charge is -2.33. The number of carbonyl (C=O) groups is 1. The SMILES string of the molecule is CO[C@@](C(=O)OC(CSCc1ccccc1)c1ccccc1)(c1ccccc1)C(F)(F)F. The first kappa shape index (κ1) is 23.9. The molecule has 0 fully saturated rings. The van der Waals surface area contributed by atoms with Gasteiger partial charge in [-0.05, 0) is 11.1 Å². The van der Waals surface area contributed by atoms with Crippen molar-refractivity contribution in [2.75, 3.05) is 12.9 Å². The molecule has 0 heterocycles. The van der Waals surface area contributed by atoms with Crippen LogP contribution in [-0.4, -0.2) is 25.0 Å². The topological polar surface area (TPSA) is 35.5 Å². The number of thioether (sulfide) groups is 1. The quantitative estimate of drug-likeness (QED) is 0.351. The average Bonchev–Trinajstić information content (AvgIpc) is 2.80. The first-order chi connectivity index (χ1) is 15.4. The fourth-order valence-electron chi connectivity index (χ4n) is 3.32. The van der Waals surface area contributed by atoms with E-state index in [-0.39, 0.29) is 11.3 Å². The summed E-state index contributed by atoms with van der Waals surface area (Å²) < 4.78 is 53.0. The van der Waals surface area contributed by atoms with Crippen LogP contribution in [0, 0.1) is 0 Å². The Morgan fingerprint density at radius 1 is 0.875 bits per heavy atom. The number of rotatable bonds is 9. The molecule has 168 valence electrons. The zero-order chi connectivity index (χ0) is 23.0. The molecule has 0 radical (unpaired) electrons. The molecule has 3 nitrogen and oxygen atoms in total. The second kappa shape index (κ2) is 10.7. The fourth-order valence-corrected chi connectivity index (χ4v) is 4.34. The number of benzene rings is 3. The number of halogens is 3. The van der Waals surface area contributed by atoms with Crippen LogP contribution in [0.4, 0.5) is 13.2 Å². The molecule has 0 aliphatic carbocycles. The van der Waals surface area contributed by atoms with Crippen LogP contribution in [0.2, 0.25) is 0 Å². The molecule has 32 heavy (non-hydrogen) atoms. The van der Waals surface area contributed by atoms with Gasteiger partial charge in [-0.1, -0.05) is 91.0 Å². The molecule has 0 bridgehead atoms. The van der Waals surface area contributed by atoms with Crippen molar-refractivity contribution < 1.29 is 27.4 Å². The molecule has 3 rings (SSSR count). The summed E-state index contributed by atoms with van der Waals surface area (Å²) in [5, 5.41) is 0. The smallest absolute Gasteiger partial charge is 0.432 e. The van der Waals surface area contributed by atoms with Gasteiger partial charge in [0.15, 0.2) is 0 Å². The lowest BCUT2D eigenvalue weighted by atomic mass is 9.92. The Labute approximate surface area is 189 Å². The molecule has 0 amide bonds. The average molecular weight is 461 g/mol. The van der Waals surface area contributed by atoms with Gasteiger partial charge < -0.3 is 9.47 Å². The van der Waals surface area contributed by atoms with Crippen LogP contribution in [0.1, 0.15) is 22.8 Å². The molecule has 1 unspecified atom stereocenters. The van der Waals surface area contributed by atoms with Gasteiger partial charge in [-0.25, -0.2) is 4.79 Å². The maximum atomic E-state index is 14.2. The van der Waals surface area contributed by atoms with Crippen molar-refractivity contribution in [3.05, 3.63) is 108 Å². The third kappa shape index (κ3) is 5.34. The maximum absolute atomic E-state index is 14.2. The first-order valence-corrected chi connectivity index (χ1v) is 11.1. The normalized spacial score (nSPS) is 14.4. The summed E-state index contributed by atoms with van der Waals surface area (Å²) in [6, 6.07) is 25.3. The van der Waals surface area contributed by atoms with Gasteiger partial charge >= 0.3 is 12.1 Å². The van der Waals surface area contributed by atoms with Crippen molar-refractivity contribution in [1.82, 2.24) is 0 Å². The predicted molar refractivity (Wildman–Crippen MR) is 119 cm³/mol. The zero-order valence-corrected chi connectivity index (χ0v) is 18.2. The highest BCUT2D eigenvalue weighted by atomic mass is 32.2. The van der Waals surface area contributed by atoms with Crippen molar-refractivity contribution in [2.45, 2.75) is 23.6 Å². The minimum atomic E-state index is -5.02. The highest BCUT2D eigenvalue weighted by Crippen LogP contribution is 2.44. The Balaban J connectivity index is 1.87. The highest BCUT2D eigenvalue weighted by Gasteiger charge is 2.64. The van der Waals surface area contributed by atoms with Crippen LogP contribution < -0.4 is 0 Å². The summed E-state index contributed by atoms with van der Waals surface area (Å²) in [5.74, 6) is -0.570. The van der Waals surface area contributed by atoms with Crippen LogP contribution in [-0.2, 0) is 25.6 Å². The Bertz CT molecular complexity index is 982. The van der Waals surface area contributed by atoms with E-state index < -0.39 is 23.9 Å². The molecular formula is C25H23F3O3S. The van der Waals surface area contributed by atoms with E-state index in [0.29, 0.717) is 11.3 Å². The highest BCUT2D eigenvalue weighted by molar-refractivity contribution is 7.98. The zero-order valence-electron chi connectivity index (χ0n) is 17.4. The van der Waals surface area contributed by atoms with Crippen molar-refractivity contribution >= 4 is 17.7 Å². The number of methoxy groups -OCH3 is 1. The molecule has 2 atom stereocenters. The summed E-state index contributed by atoms with van der Waals surface area (Å²) in [6.07, 6.45) is -5.89. The second-order valence-corrected chi connectivity index (χ2v) is 8.08. The van der Waals surface area contributed by atoms with Crippen LogP contribution in [0.3, 0.4) is 0 Å². The molecular weight excluding hydrogens is 437 g/mol. The molecule has 0 spiro atoms. The van der Waals surface area contributed by atoms with E-state index >= 15 is 0 Å². The molecule has 0 N–H and O–H groups in total. The maximum Gasteiger partial charge on any atom is 0.432 e. The van der Waals surface area contributed by atoms with Crippen molar-refractivity contribution in [3.8, 4) is 0 Å². The number of esters is 1. The summed E-state index contributed by atoms with van der Waals surface area (Å²) in [4.78, 5) is 13.1. The number of ether oxygens (including phenoxy) is 2. The first-order valence-electron chi connectivity index (χ1n) is 9.93. The lowest BCUT2D eigenvalue weighted by molar-refractivity contribution is -0.278. The van der Waals surface area contributed by atoms with Crippen molar-refractivity contribution in [2.24, 2.45) is 0 Å². The number of hydrogen-bond acceptors (Lipinski definition) is 4. The van der Waals surface area contributed by atoms with Gasteiger partial charge in [-0.15, -0.1) is 0 Å². The number of alkyl halides is 3. The largest absolute Gasteiger partial charge is 0.454 e. The molecule has 0 aliphatic rings. The molecule has 0 saturated carbocycles. The summed E-state index contributed by atoms with van der Waals surface area (Å²) in [7, 11) is 0.865. The fraction of sp³-hybridized carbons (Fsp3) is 0.240. The molecule has 3 aromatic rings. The number of carbonyl (C=O) groups excluding carboxylic acids is 1. The predicted octanol–water partition coefficient (Wildman–Crippen LogP) is 6.31. The van der Waals surface area contributed by atoms with E-state index in [9.17, 15) is 18.0 Å². The number of hydrogen-bond donors (Lipinski definition) is 0. The molecule has 3 aromatic carbocycles. The summed E-state index contributed by atoms with van der Waals surface area (Å²) in [5.41, 5.74) is -1.86. The molecule has 7 heteroatoms. The Morgan fingerprint density at radius 2 is 1.41 bits per heavy atom. The third-order valence-corrected chi connectivity index (χ3v) is 6.05. The minimum absolute atomic E-state index is 0.289. The van der Waals surface area contributed by atoms with E-state index in [4.69, 9.17) is 9.47 Å². The standard InChI is InChI=1S/C25H23F3O3S/c1-30-24(25(26,27)28,21-15-9-4-10-16-21)23(29)31-22(20-13-7-3-8-14-20)18-32-17-19-11-5-2-6-12-19/h2-16,22H,17-18H2,1H3/t22?,24-/m1/s1. The van der Waals surface area contributed by atoms with E-state index in [1.807, 2.05) is 30.3 Å². The van der Waals surface area contributed by atoms with Crippen LogP contribution in [0.5, 0.6) is 0 Å². The van der Waals surface area contributed by atoms with E-state index in [0.717, 1.165) is 12.7 Å². The van der Waals surface area contributed by atoms with E-state index in [2.05, 4.69) is 0 Å². The van der Waals surface area contributed by atoms with Crippen LogP contribution >= 0.6 is 11.8 Å². The van der Waals surface area contributed by atoms with Gasteiger partial charge in [0.25, 0.3) is 5.60 Å². The molecule has 0 aromatic heterocycles. The molecule has 0 saturated heterocycles. The third-order valence-electron chi connectivity index (χ3n) is 4.97. The van der Waals surface area contributed by atoms with Crippen LogP contribution in [0.25, 0.3) is 0 Å². The monoisotopic (exact) mass is 460 g/mol. The molecule has 0 aliphatic heterocycles. The van der Waals surface area contributed by atoms with Gasteiger partial charge in [0, 0.05) is 24.2 Å². The van der Waals surface area contributed by atoms with Crippen molar-refractivity contribution in [1.29, 1.82) is 0 Å². The van der Waals surface area contributed by atoms with Crippen molar-refractivity contribution in [3.63, 3.8) is 0 Å². The van der Waals surface area contributed by atoms with Gasteiger partial charge in [0.05, 0.1) is 0 Å². The lowest BCUT2D eigenvalue weighted by Crippen LogP contribution is -2.52. The van der Waals surface area contributed by atoms with Gasteiger partial charge in [0.2, 0.25) is 0 Å². The van der Waals surface area contributed by atoms with Gasteiger partial charge in [0.1, 0.15) is 6.10 Å². The van der Waals surface area contributed by atoms with E-state index in [1.54, 1.807) is 36.4 Å². The minimum Gasteiger partial charge on any atom is -0.454 e. The van der Waals surface area contributed by atoms with Gasteiger partial charge in [-0.3, -0.25) is 0 Å². The summed E-state index contributed by atoms with van der Waals surface area (Å²) in [6.45, 7) is 0. The van der Waals surface area contributed by atoms with Crippen LogP contribution in [0.15, 0.2) is 91.0 Å². The van der Waals surface area contributed by atoms with E-state index in [1.165, 1.54) is 36.0 Å². The Hall–Kier alpha value is -2.77. The Morgan fingerprint density at radius 3 is 1.94 bits per heavy atom. The Kier molecular flexibility index (Phi) is 7.99. The summed E-state index contributed by atoms with van der Waals surface area (Å²) >= 11 is 1.47. The second-order valence-electron chi connectivity index (χ2n) is 7.05. The van der Waals surface area contributed by atoms with Gasteiger partial charge in [-0.2, -0.15) is 24.9 Å².